The Bertz CT molecular complexity index is 536. The lowest BCUT2D eigenvalue weighted by Gasteiger charge is -2.09. The van der Waals surface area contributed by atoms with Gasteiger partial charge in [-0.05, 0) is 42.5 Å². The third-order valence-corrected chi connectivity index (χ3v) is 5.01. The zero-order chi connectivity index (χ0) is 11.4. The lowest BCUT2D eigenvalue weighted by Crippen LogP contribution is -1.96. The molecule has 4 rings (SSSR count). The van der Waals surface area contributed by atoms with E-state index in [1.807, 2.05) is 6.07 Å². The van der Waals surface area contributed by atoms with Crippen molar-refractivity contribution in [1.82, 2.24) is 5.16 Å². The van der Waals surface area contributed by atoms with E-state index < -0.39 is 0 Å². The standard InChI is InChI=1S/C13H14N2OS/c14-13-11(10-2-1-3-17-10)12(16-15-13)9-5-7-4-8(7)6-9/h1-3,7-9H,4-6H2,(H2,14,15). The molecule has 2 aromatic rings. The molecule has 0 spiro atoms. The lowest BCUT2D eigenvalue weighted by molar-refractivity contribution is 0.356. The van der Waals surface area contributed by atoms with E-state index in [2.05, 4.69) is 16.6 Å². The summed E-state index contributed by atoms with van der Waals surface area (Å²) in [6, 6.07) is 4.13. The second-order valence-electron chi connectivity index (χ2n) is 5.21. The Morgan fingerprint density at radius 2 is 2.12 bits per heavy atom. The normalized spacial score (nSPS) is 30.5. The summed E-state index contributed by atoms with van der Waals surface area (Å²) in [4.78, 5) is 1.18. The first-order valence-corrected chi connectivity index (χ1v) is 7.00. The van der Waals surface area contributed by atoms with Gasteiger partial charge < -0.3 is 10.3 Å². The molecule has 17 heavy (non-hydrogen) atoms. The van der Waals surface area contributed by atoms with E-state index in [0.717, 1.165) is 23.2 Å². The molecule has 88 valence electrons. The number of fused-ring (bicyclic) bond motifs is 1. The van der Waals surface area contributed by atoms with Crippen LogP contribution in [0.1, 0.15) is 30.9 Å². The molecule has 0 aromatic carbocycles. The van der Waals surface area contributed by atoms with E-state index >= 15 is 0 Å². The SMILES string of the molecule is Nc1noc(C2CC3CC3C2)c1-c1cccs1. The largest absolute Gasteiger partial charge is 0.380 e. The van der Waals surface area contributed by atoms with Crippen LogP contribution < -0.4 is 5.73 Å². The molecule has 2 unspecified atom stereocenters. The smallest absolute Gasteiger partial charge is 0.175 e. The molecule has 2 aliphatic rings. The van der Waals surface area contributed by atoms with Gasteiger partial charge in [0.15, 0.2) is 11.6 Å². The van der Waals surface area contributed by atoms with Gasteiger partial charge >= 0.3 is 0 Å². The van der Waals surface area contributed by atoms with Gasteiger partial charge in [-0.1, -0.05) is 11.2 Å². The summed E-state index contributed by atoms with van der Waals surface area (Å²) in [5, 5.41) is 6.03. The van der Waals surface area contributed by atoms with Crippen LogP contribution in [0.25, 0.3) is 10.4 Å². The number of nitrogen functional groups attached to an aromatic ring is 1. The fourth-order valence-electron chi connectivity index (χ4n) is 3.19. The molecule has 3 nitrogen and oxygen atoms in total. The zero-order valence-electron chi connectivity index (χ0n) is 9.43. The lowest BCUT2D eigenvalue weighted by atomic mass is 9.96. The van der Waals surface area contributed by atoms with Crippen LogP contribution >= 0.6 is 11.3 Å². The maximum atomic E-state index is 5.95. The number of hydrogen-bond donors (Lipinski definition) is 1. The minimum absolute atomic E-state index is 0.542. The predicted molar refractivity (Wildman–Crippen MR) is 67.8 cm³/mol. The quantitative estimate of drug-likeness (QED) is 0.882. The minimum Gasteiger partial charge on any atom is -0.380 e. The van der Waals surface area contributed by atoms with Crippen LogP contribution in [0.4, 0.5) is 5.82 Å². The molecule has 2 aromatic heterocycles. The molecule has 4 heteroatoms. The van der Waals surface area contributed by atoms with E-state index in [1.54, 1.807) is 11.3 Å². The van der Waals surface area contributed by atoms with Crippen molar-refractivity contribution in [2.75, 3.05) is 5.73 Å². The van der Waals surface area contributed by atoms with Gasteiger partial charge in [-0.25, -0.2) is 0 Å². The van der Waals surface area contributed by atoms with Crippen molar-refractivity contribution in [1.29, 1.82) is 0 Å². The van der Waals surface area contributed by atoms with Crippen molar-refractivity contribution in [3.8, 4) is 10.4 Å². The zero-order valence-corrected chi connectivity index (χ0v) is 10.2. The molecule has 2 fully saturated rings. The first-order valence-electron chi connectivity index (χ1n) is 6.12. The molecule has 2 saturated carbocycles. The Morgan fingerprint density at radius 3 is 2.82 bits per heavy atom. The van der Waals surface area contributed by atoms with E-state index in [0.29, 0.717) is 11.7 Å². The van der Waals surface area contributed by atoms with Gasteiger partial charge in [-0.15, -0.1) is 11.3 Å². The molecule has 0 amide bonds. The van der Waals surface area contributed by atoms with E-state index in [-0.39, 0.29) is 0 Å². The average Bonchev–Trinajstić information content (AvgIpc) is 2.82. The summed E-state index contributed by atoms with van der Waals surface area (Å²) in [5.74, 6) is 4.01. The number of nitrogens with two attached hydrogens (primary N) is 1. The predicted octanol–water partition coefficient (Wildman–Crippen LogP) is 3.50. The summed E-state index contributed by atoms with van der Waals surface area (Å²) in [6.07, 6.45) is 3.95. The van der Waals surface area contributed by atoms with Crippen molar-refractivity contribution in [3.63, 3.8) is 0 Å². The van der Waals surface area contributed by atoms with Gasteiger partial charge in [0, 0.05) is 10.8 Å². The third kappa shape index (κ3) is 1.43. The Labute approximate surface area is 104 Å². The third-order valence-electron chi connectivity index (χ3n) is 4.13. The molecule has 2 aliphatic carbocycles. The Hall–Kier alpha value is -1.29. The first-order chi connectivity index (χ1) is 8.33. The maximum Gasteiger partial charge on any atom is 0.175 e. The van der Waals surface area contributed by atoms with Crippen molar-refractivity contribution in [2.24, 2.45) is 11.8 Å². The molecular formula is C13H14N2OS. The van der Waals surface area contributed by atoms with Gasteiger partial charge in [0.05, 0.1) is 5.56 Å². The highest BCUT2D eigenvalue weighted by atomic mass is 32.1. The number of thiophene rings is 1. The summed E-state index contributed by atoms with van der Waals surface area (Å²) in [7, 11) is 0. The van der Waals surface area contributed by atoms with Crippen LogP contribution in [-0.2, 0) is 0 Å². The Balaban J connectivity index is 1.76. The minimum atomic E-state index is 0.542. The van der Waals surface area contributed by atoms with Crippen molar-refractivity contribution in [2.45, 2.75) is 25.2 Å². The number of anilines is 1. The monoisotopic (exact) mass is 246 g/mol. The van der Waals surface area contributed by atoms with E-state index in [9.17, 15) is 0 Å². The van der Waals surface area contributed by atoms with Gasteiger partial charge in [0.1, 0.15) is 0 Å². The number of rotatable bonds is 2. The molecule has 0 saturated heterocycles. The van der Waals surface area contributed by atoms with Gasteiger partial charge in [-0.3, -0.25) is 0 Å². The van der Waals surface area contributed by atoms with Crippen molar-refractivity contribution >= 4 is 17.2 Å². The molecule has 2 atom stereocenters. The van der Waals surface area contributed by atoms with Gasteiger partial charge in [0.2, 0.25) is 0 Å². The van der Waals surface area contributed by atoms with Gasteiger partial charge in [-0.2, -0.15) is 0 Å². The van der Waals surface area contributed by atoms with E-state index in [4.69, 9.17) is 10.3 Å². The fraction of sp³-hybridized carbons (Fsp3) is 0.462. The fourth-order valence-corrected chi connectivity index (χ4v) is 3.98. The maximum absolute atomic E-state index is 5.95. The number of aromatic nitrogens is 1. The van der Waals surface area contributed by atoms with Gasteiger partial charge in [0.25, 0.3) is 0 Å². The highest BCUT2D eigenvalue weighted by Crippen LogP contribution is 2.58. The van der Waals surface area contributed by atoms with Crippen LogP contribution in [0.15, 0.2) is 22.0 Å². The number of nitrogens with zero attached hydrogens (tertiary/aromatic N) is 1. The highest BCUT2D eigenvalue weighted by Gasteiger charge is 2.48. The van der Waals surface area contributed by atoms with Crippen LogP contribution in [0.2, 0.25) is 0 Å². The second kappa shape index (κ2) is 3.35. The molecular weight excluding hydrogens is 232 g/mol. The Kier molecular flexibility index (Phi) is 1.92. The van der Waals surface area contributed by atoms with Crippen molar-refractivity contribution < 1.29 is 4.52 Å². The summed E-state index contributed by atoms with van der Waals surface area (Å²) in [5.41, 5.74) is 7.00. The molecule has 0 bridgehead atoms. The molecule has 0 aliphatic heterocycles. The molecule has 2 N–H and O–H groups in total. The van der Waals surface area contributed by atoms with E-state index in [1.165, 1.54) is 24.1 Å². The second-order valence-corrected chi connectivity index (χ2v) is 6.16. The van der Waals surface area contributed by atoms with Crippen LogP contribution in [-0.4, -0.2) is 5.16 Å². The molecule has 2 heterocycles. The topological polar surface area (TPSA) is 52.0 Å². The Morgan fingerprint density at radius 1 is 1.29 bits per heavy atom. The summed E-state index contributed by atoms with van der Waals surface area (Å²) in [6.45, 7) is 0. The molecule has 0 radical (unpaired) electrons. The summed E-state index contributed by atoms with van der Waals surface area (Å²) >= 11 is 1.70. The number of hydrogen-bond acceptors (Lipinski definition) is 4. The van der Waals surface area contributed by atoms with Crippen LogP contribution in [0.5, 0.6) is 0 Å². The summed E-state index contributed by atoms with van der Waals surface area (Å²) < 4.78 is 5.50. The van der Waals surface area contributed by atoms with Crippen LogP contribution in [0.3, 0.4) is 0 Å². The average molecular weight is 246 g/mol. The van der Waals surface area contributed by atoms with Crippen molar-refractivity contribution in [3.05, 3.63) is 23.3 Å². The van der Waals surface area contributed by atoms with Crippen LogP contribution in [0, 0.1) is 11.8 Å². The highest BCUT2D eigenvalue weighted by molar-refractivity contribution is 7.13. The first kappa shape index (κ1) is 9.71.